The molecule has 2 aliphatic heterocycles. The molecule has 0 saturated carbocycles. The molecule has 0 nitrogen and oxygen atoms in total. The van der Waals surface area contributed by atoms with Gasteiger partial charge in [0.15, 0.2) is 16.1 Å². The van der Waals surface area contributed by atoms with Gasteiger partial charge >= 0.3 is 0 Å². The van der Waals surface area contributed by atoms with E-state index in [-0.39, 0.29) is 0 Å². The molecule has 7 heteroatoms. The first-order valence-electron chi connectivity index (χ1n) is 16.2. The third-order valence-electron chi connectivity index (χ3n) is 9.54. The molecule has 0 bridgehead atoms. The number of hydrogen-bond donors (Lipinski definition) is 0. The summed E-state index contributed by atoms with van der Waals surface area (Å²) in [5.41, 5.74) is 19.3. The molecule has 0 aromatic heterocycles. The fourth-order valence-electron chi connectivity index (χ4n) is 8.10. The molecule has 0 atom stereocenters. The summed E-state index contributed by atoms with van der Waals surface area (Å²) in [4.78, 5) is 6.81. The van der Waals surface area contributed by atoms with Gasteiger partial charge in [0.05, 0.1) is 40.4 Å². The van der Waals surface area contributed by atoms with E-state index in [4.69, 9.17) is 0 Å². The molecule has 2 rings (SSSR count). The zero-order chi connectivity index (χ0) is 32.0. The van der Waals surface area contributed by atoms with Gasteiger partial charge in [-0.05, 0) is 33.8 Å². The first-order valence-corrected chi connectivity index (χ1v) is 38.1. The van der Waals surface area contributed by atoms with Crippen molar-refractivity contribution in [2.75, 3.05) is 0 Å². The van der Waals surface area contributed by atoms with Gasteiger partial charge in [-0.25, -0.2) is 0 Å². The minimum Gasteiger partial charge on any atom is -0.120 e. The molecule has 0 N–H and O–H groups in total. The van der Waals surface area contributed by atoms with Crippen molar-refractivity contribution in [3.8, 4) is 22.9 Å². The number of allylic oxidation sites excluding steroid dienone is 2. The maximum absolute atomic E-state index is 4.19. The van der Waals surface area contributed by atoms with E-state index < -0.39 is 56.5 Å². The average Bonchev–Trinajstić information content (AvgIpc) is 3.04. The Kier molecular flexibility index (Phi) is 10.8. The molecule has 226 valence electrons. The highest BCUT2D eigenvalue weighted by Crippen LogP contribution is 2.47. The molecule has 0 aromatic carbocycles. The normalized spacial score (nSPS) is 20.6. The molecule has 0 unspecified atom stereocenters. The van der Waals surface area contributed by atoms with E-state index in [0.29, 0.717) is 0 Å². The number of rotatable bonds is 8. The zero-order valence-electron chi connectivity index (χ0n) is 30.3. The highest BCUT2D eigenvalue weighted by atomic mass is 28.4. The van der Waals surface area contributed by atoms with Gasteiger partial charge in [-0.1, -0.05) is 152 Å². The summed E-state index contributed by atoms with van der Waals surface area (Å²) < 4.78 is 0. The van der Waals surface area contributed by atoms with Gasteiger partial charge in [0.1, 0.15) is 0 Å². The molecule has 0 spiro atoms. The van der Waals surface area contributed by atoms with Crippen molar-refractivity contribution in [1.29, 1.82) is 0 Å². The van der Waals surface area contributed by atoms with E-state index in [2.05, 4.69) is 154 Å². The smallest absolute Gasteiger partial charge is 0.120 e. The molecule has 2 aliphatic rings. The topological polar surface area (TPSA) is 0 Å². The van der Waals surface area contributed by atoms with Crippen molar-refractivity contribution in [2.45, 2.75) is 144 Å². The van der Waals surface area contributed by atoms with Crippen molar-refractivity contribution < 1.29 is 0 Å². The second-order valence-electron chi connectivity index (χ2n) is 17.2. The fraction of sp³-hybridized carbons (Fsp3) is 0.647. The Morgan fingerprint density at radius 2 is 0.732 bits per heavy atom. The van der Waals surface area contributed by atoms with Crippen LogP contribution in [-0.2, 0) is 0 Å². The van der Waals surface area contributed by atoms with Crippen molar-refractivity contribution >= 4 is 56.5 Å². The third-order valence-corrected chi connectivity index (χ3v) is 43.1. The molecule has 0 aromatic rings. The molecular formula is C34H62Si7. The maximum Gasteiger partial charge on any atom is 0.169 e. The minimum absolute atomic E-state index is 1.17. The van der Waals surface area contributed by atoms with Gasteiger partial charge in [-0.15, -0.1) is 11.1 Å². The Hall–Kier alpha value is -0.582. The SMILES string of the molecule is CC[Si]1(CC)C#CC2=C([Si](C)(C)C)[Si](C)(C)C([Si](C)(C)C)=C2C#C[Si](CC)(CC)C([Si](C)(C)C)=C=C=C1[Si](C)(C)C. The molecule has 0 fully saturated rings. The summed E-state index contributed by atoms with van der Waals surface area (Å²) in [6.07, 6.45) is 0. The molecule has 0 amide bonds. The fourth-order valence-corrected chi connectivity index (χ4v) is 47.5. The van der Waals surface area contributed by atoms with E-state index in [0.717, 1.165) is 0 Å². The first-order chi connectivity index (χ1) is 18.4. The Bertz CT molecular complexity index is 1240. The average molecular weight is 667 g/mol. The molecule has 0 radical (unpaired) electrons. The van der Waals surface area contributed by atoms with Crippen LogP contribution in [-0.4, -0.2) is 56.5 Å². The molecule has 2 heterocycles. The Balaban J connectivity index is 3.50. The predicted molar refractivity (Wildman–Crippen MR) is 208 cm³/mol. The Morgan fingerprint density at radius 1 is 0.463 bits per heavy atom. The monoisotopic (exact) mass is 666 g/mol. The third kappa shape index (κ3) is 7.06. The number of fused-ring (bicyclic) bond motifs is 1. The Labute approximate surface area is 263 Å². The summed E-state index contributed by atoms with van der Waals surface area (Å²) in [6.45, 7) is 45.6. The Morgan fingerprint density at radius 3 is 0.927 bits per heavy atom. The van der Waals surface area contributed by atoms with Crippen LogP contribution in [0.2, 0.25) is 116 Å². The second kappa shape index (κ2) is 12.1. The minimum atomic E-state index is -2.09. The van der Waals surface area contributed by atoms with Crippen LogP contribution in [0.25, 0.3) is 0 Å². The summed E-state index contributed by atoms with van der Waals surface area (Å²) in [6, 6.07) is 4.66. The zero-order valence-corrected chi connectivity index (χ0v) is 37.3. The molecule has 41 heavy (non-hydrogen) atoms. The quantitative estimate of drug-likeness (QED) is 0.137. The van der Waals surface area contributed by atoms with Gasteiger partial charge < -0.3 is 0 Å². The van der Waals surface area contributed by atoms with Crippen LogP contribution in [0.15, 0.2) is 41.9 Å². The van der Waals surface area contributed by atoms with Gasteiger partial charge in [-0.3, -0.25) is 0 Å². The van der Waals surface area contributed by atoms with Crippen LogP contribution in [0.5, 0.6) is 0 Å². The van der Waals surface area contributed by atoms with E-state index >= 15 is 0 Å². The predicted octanol–water partition coefficient (Wildman–Crippen LogP) is 10.7. The van der Waals surface area contributed by atoms with Gasteiger partial charge in [-0.2, -0.15) is 0 Å². The first kappa shape index (κ1) is 36.6. The van der Waals surface area contributed by atoms with Crippen LogP contribution in [0.4, 0.5) is 0 Å². The summed E-state index contributed by atoms with van der Waals surface area (Å²) in [5, 5.41) is 0. The van der Waals surface area contributed by atoms with Crippen molar-refractivity contribution in [1.82, 2.24) is 0 Å². The van der Waals surface area contributed by atoms with E-state index in [1.165, 1.54) is 35.3 Å². The van der Waals surface area contributed by atoms with Crippen LogP contribution >= 0.6 is 0 Å². The van der Waals surface area contributed by atoms with Gasteiger partial charge in [0, 0.05) is 11.1 Å². The van der Waals surface area contributed by atoms with Crippen LogP contribution < -0.4 is 0 Å². The van der Waals surface area contributed by atoms with E-state index in [9.17, 15) is 0 Å². The van der Waals surface area contributed by atoms with Crippen LogP contribution in [0.3, 0.4) is 0 Å². The van der Waals surface area contributed by atoms with Crippen molar-refractivity contribution in [3.63, 3.8) is 0 Å². The van der Waals surface area contributed by atoms with Gasteiger partial charge in [0.25, 0.3) is 0 Å². The summed E-state index contributed by atoms with van der Waals surface area (Å²) >= 11 is 0. The lowest BCUT2D eigenvalue weighted by Crippen LogP contribution is -2.48. The second-order valence-corrected chi connectivity index (χ2v) is 52.1. The molecular weight excluding hydrogens is 605 g/mol. The summed E-state index contributed by atoms with van der Waals surface area (Å²) in [5.74, 6) is 8.17. The standard InChI is InChI=1S/C34H62Si7/c1-19-40(20-2)27-25-29-30(34(38(14,15)16)39(17,18)33(29)37(11,12)13)26-28-41(21-3,22-4)32(36(8,9)10)24-23-31(40)35(5,6)7/h19-22H2,1-18H3. The highest BCUT2D eigenvalue weighted by Gasteiger charge is 2.50. The van der Waals surface area contributed by atoms with Gasteiger partial charge in [0.2, 0.25) is 0 Å². The number of hydrogen-bond acceptors (Lipinski definition) is 0. The largest absolute Gasteiger partial charge is 0.169 e. The van der Waals surface area contributed by atoms with Crippen LogP contribution in [0, 0.1) is 22.9 Å². The molecule has 0 aliphatic carbocycles. The van der Waals surface area contributed by atoms with E-state index in [1.807, 2.05) is 0 Å². The maximum atomic E-state index is 4.19. The lowest BCUT2D eigenvalue weighted by Gasteiger charge is -2.37. The molecule has 0 saturated heterocycles. The highest BCUT2D eigenvalue weighted by molar-refractivity contribution is 7.17. The summed E-state index contributed by atoms with van der Waals surface area (Å²) in [7, 11) is -12.7. The van der Waals surface area contributed by atoms with E-state index in [1.54, 1.807) is 19.3 Å². The van der Waals surface area contributed by atoms with Crippen molar-refractivity contribution in [2.24, 2.45) is 0 Å². The lowest BCUT2D eigenvalue weighted by atomic mass is 10.1. The lowest BCUT2D eigenvalue weighted by molar-refractivity contribution is 1.28. The van der Waals surface area contributed by atoms with Crippen LogP contribution in [0.1, 0.15) is 27.7 Å². The van der Waals surface area contributed by atoms with Crippen molar-refractivity contribution in [3.05, 3.63) is 41.9 Å².